The van der Waals surface area contributed by atoms with Crippen LogP contribution in [0.1, 0.15) is 12.5 Å². The number of esters is 1. The maximum absolute atomic E-state index is 12.0. The van der Waals surface area contributed by atoms with Crippen molar-refractivity contribution in [2.24, 2.45) is 0 Å². The SMILES string of the molecule is C[C@H](OC(=O)COc1cccc(Cl)c1)C(=O)Nc1ccc(C#N)cc1. The molecule has 0 aliphatic rings. The second-order valence-electron chi connectivity index (χ2n) is 5.06. The normalized spacial score (nSPS) is 11.1. The van der Waals surface area contributed by atoms with Crippen LogP contribution in [0.4, 0.5) is 5.69 Å². The van der Waals surface area contributed by atoms with Gasteiger partial charge in [0, 0.05) is 10.7 Å². The van der Waals surface area contributed by atoms with Crippen molar-refractivity contribution in [2.45, 2.75) is 13.0 Å². The van der Waals surface area contributed by atoms with Gasteiger partial charge >= 0.3 is 5.97 Å². The summed E-state index contributed by atoms with van der Waals surface area (Å²) in [7, 11) is 0. The minimum atomic E-state index is -0.994. The van der Waals surface area contributed by atoms with Crippen molar-refractivity contribution in [3.8, 4) is 11.8 Å². The number of rotatable bonds is 6. The summed E-state index contributed by atoms with van der Waals surface area (Å²) < 4.78 is 10.3. The summed E-state index contributed by atoms with van der Waals surface area (Å²) in [6.07, 6.45) is -0.994. The first-order valence-corrected chi connectivity index (χ1v) is 7.74. The molecule has 128 valence electrons. The molecule has 2 aromatic rings. The lowest BCUT2D eigenvalue weighted by Crippen LogP contribution is -2.31. The summed E-state index contributed by atoms with van der Waals surface area (Å²) in [5.41, 5.74) is 0.984. The Morgan fingerprint density at radius 3 is 2.60 bits per heavy atom. The molecule has 1 amide bonds. The zero-order valence-corrected chi connectivity index (χ0v) is 14.1. The van der Waals surface area contributed by atoms with Crippen molar-refractivity contribution in [1.82, 2.24) is 0 Å². The number of hydrogen-bond donors (Lipinski definition) is 1. The molecule has 0 aromatic heterocycles. The van der Waals surface area contributed by atoms with Crippen LogP contribution >= 0.6 is 11.6 Å². The molecule has 0 spiro atoms. The highest BCUT2D eigenvalue weighted by Crippen LogP contribution is 2.17. The van der Waals surface area contributed by atoms with Gasteiger partial charge in [0.05, 0.1) is 11.6 Å². The topological polar surface area (TPSA) is 88.4 Å². The Morgan fingerprint density at radius 2 is 1.96 bits per heavy atom. The Labute approximate surface area is 149 Å². The van der Waals surface area contributed by atoms with E-state index in [1.807, 2.05) is 6.07 Å². The van der Waals surface area contributed by atoms with Gasteiger partial charge in [-0.15, -0.1) is 0 Å². The summed E-state index contributed by atoms with van der Waals surface area (Å²) >= 11 is 5.82. The smallest absolute Gasteiger partial charge is 0.344 e. The number of ether oxygens (including phenoxy) is 2. The average molecular weight is 359 g/mol. The number of hydrogen-bond acceptors (Lipinski definition) is 5. The van der Waals surface area contributed by atoms with Crippen LogP contribution in [0.3, 0.4) is 0 Å². The van der Waals surface area contributed by atoms with E-state index in [0.29, 0.717) is 22.0 Å². The van der Waals surface area contributed by atoms with Crippen LogP contribution in [0.15, 0.2) is 48.5 Å². The minimum absolute atomic E-state index is 0.338. The number of carbonyl (C=O) groups is 2. The first-order chi connectivity index (χ1) is 12.0. The van der Waals surface area contributed by atoms with Gasteiger partial charge in [0.25, 0.3) is 5.91 Å². The number of halogens is 1. The van der Waals surface area contributed by atoms with Crippen molar-refractivity contribution in [1.29, 1.82) is 5.26 Å². The number of nitrogens with zero attached hydrogens (tertiary/aromatic N) is 1. The van der Waals surface area contributed by atoms with E-state index in [1.165, 1.54) is 6.92 Å². The summed E-state index contributed by atoms with van der Waals surface area (Å²) in [6.45, 7) is 1.12. The van der Waals surface area contributed by atoms with Crippen molar-refractivity contribution in [3.05, 3.63) is 59.1 Å². The predicted octanol–water partition coefficient (Wildman–Crippen LogP) is 3.16. The fourth-order valence-corrected chi connectivity index (χ4v) is 2.04. The molecule has 0 heterocycles. The third-order valence-electron chi connectivity index (χ3n) is 3.11. The molecule has 1 N–H and O–H groups in total. The molecule has 0 saturated carbocycles. The largest absolute Gasteiger partial charge is 0.482 e. The highest BCUT2D eigenvalue weighted by molar-refractivity contribution is 6.30. The molecule has 2 rings (SSSR count). The number of carbonyl (C=O) groups excluding carboxylic acids is 2. The van der Waals surface area contributed by atoms with Crippen LogP contribution in [0.5, 0.6) is 5.75 Å². The van der Waals surface area contributed by atoms with E-state index in [-0.39, 0.29) is 6.61 Å². The maximum atomic E-state index is 12.0. The lowest BCUT2D eigenvalue weighted by atomic mass is 10.2. The highest BCUT2D eigenvalue weighted by Gasteiger charge is 2.18. The van der Waals surface area contributed by atoms with Gasteiger partial charge in [-0.25, -0.2) is 4.79 Å². The van der Waals surface area contributed by atoms with Crippen molar-refractivity contribution >= 4 is 29.2 Å². The Kier molecular flexibility index (Phi) is 6.38. The zero-order chi connectivity index (χ0) is 18.2. The second-order valence-corrected chi connectivity index (χ2v) is 5.49. The van der Waals surface area contributed by atoms with Crippen molar-refractivity contribution in [3.63, 3.8) is 0 Å². The lowest BCUT2D eigenvalue weighted by Gasteiger charge is -2.14. The van der Waals surface area contributed by atoms with Crippen LogP contribution in [-0.2, 0) is 14.3 Å². The van der Waals surface area contributed by atoms with Crippen molar-refractivity contribution < 1.29 is 19.1 Å². The van der Waals surface area contributed by atoms with Gasteiger partial charge in [-0.2, -0.15) is 5.26 Å². The van der Waals surface area contributed by atoms with Crippen LogP contribution in [0.2, 0.25) is 5.02 Å². The Balaban J connectivity index is 1.81. The second kappa shape index (κ2) is 8.71. The van der Waals surface area contributed by atoms with Gasteiger partial charge in [0.2, 0.25) is 0 Å². The Bertz CT molecular complexity index is 799. The van der Waals surface area contributed by atoms with Crippen LogP contribution in [0.25, 0.3) is 0 Å². The van der Waals surface area contributed by atoms with E-state index in [9.17, 15) is 9.59 Å². The van der Waals surface area contributed by atoms with E-state index < -0.39 is 18.0 Å². The van der Waals surface area contributed by atoms with E-state index in [0.717, 1.165) is 0 Å². The summed E-state index contributed by atoms with van der Waals surface area (Å²) in [5.74, 6) is -0.734. The molecule has 0 saturated heterocycles. The summed E-state index contributed by atoms with van der Waals surface area (Å²) in [5, 5.41) is 11.8. The third-order valence-corrected chi connectivity index (χ3v) is 3.35. The Hall–Kier alpha value is -3.04. The molecule has 25 heavy (non-hydrogen) atoms. The van der Waals surface area contributed by atoms with Gasteiger partial charge in [-0.3, -0.25) is 4.79 Å². The number of nitrogens with one attached hydrogen (secondary N) is 1. The van der Waals surface area contributed by atoms with Crippen molar-refractivity contribution in [2.75, 3.05) is 11.9 Å². The fraction of sp³-hybridized carbons (Fsp3) is 0.167. The molecule has 0 fully saturated rings. The number of benzene rings is 2. The molecular formula is C18H15ClN2O4. The van der Waals surface area contributed by atoms with Crippen LogP contribution < -0.4 is 10.1 Å². The maximum Gasteiger partial charge on any atom is 0.344 e. The molecule has 6 nitrogen and oxygen atoms in total. The van der Waals surface area contributed by atoms with Gasteiger partial charge < -0.3 is 14.8 Å². The molecule has 1 atom stereocenters. The van der Waals surface area contributed by atoms with Gasteiger partial charge in [-0.05, 0) is 49.4 Å². The molecule has 0 aliphatic heterocycles. The minimum Gasteiger partial charge on any atom is -0.482 e. The lowest BCUT2D eigenvalue weighted by molar-refractivity contribution is -0.155. The van der Waals surface area contributed by atoms with Gasteiger partial charge in [0.1, 0.15) is 5.75 Å². The molecule has 0 radical (unpaired) electrons. The average Bonchev–Trinajstić information content (AvgIpc) is 2.60. The van der Waals surface area contributed by atoms with Crippen LogP contribution in [0, 0.1) is 11.3 Å². The first kappa shape index (κ1) is 18.3. The standard InChI is InChI=1S/C18H15ClN2O4/c1-12(18(23)21-15-7-5-13(10-20)6-8-15)25-17(22)11-24-16-4-2-3-14(19)9-16/h2-9,12H,11H2,1H3,(H,21,23)/t12-/m0/s1. The summed E-state index contributed by atoms with van der Waals surface area (Å²) in [4.78, 5) is 23.8. The zero-order valence-electron chi connectivity index (χ0n) is 13.4. The molecule has 0 aliphatic carbocycles. The number of anilines is 1. The van der Waals surface area contributed by atoms with E-state index >= 15 is 0 Å². The predicted molar refractivity (Wildman–Crippen MR) is 92.3 cm³/mol. The monoisotopic (exact) mass is 358 g/mol. The number of amides is 1. The van der Waals surface area contributed by atoms with E-state index in [1.54, 1.807) is 48.5 Å². The highest BCUT2D eigenvalue weighted by atomic mass is 35.5. The van der Waals surface area contributed by atoms with E-state index in [4.69, 9.17) is 26.3 Å². The van der Waals surface area contributed by atoms with Crippen LogP contribution in [-0.4, -0.2) is 24.6 Å². The number of nitriles is 1. The fourth-order valence-electron chi connectivity index (χ4n) is 1.86. The third kappa shape index (κ3) is 5.83. The molecule has 0 bridgehead atoms. The molecule has 7 heteroatoms. The Morgan fingerprint density at radius 1 is 1.24 bits per heavy atom. The molecule has 0 unspecified atom stereocenters. The first-order valence-electron chi connectivity index (χ1n) is 7.37. The molecule has 2 aromatic carbocycles. The van der Waals surface area contributed by atoms with Gasteiger partial charge in [-0.1, -0.05) is 17.7 Å². The molecular weight excluding hydrogens is 344 g/mol. The van der Waals surface area contributed by atoms with E-state index in [2.05, 4.69) is 5.32 Å². The quantitative estimate of drug-likeness (QED) is 0.801. The van der Waals surface area contributed by atoms with Gasteiger partial charge in [0.15, 0.2) is 12.7 Å². The summed E-state index contributed by atoms with van der Waals surface area (Å²) in [6, 6.07) is 14.9.